The Morgan fingerprint density at radius 2 is 1.61 bits per heavy atom. The number of nitrogens with two attached hydrogens (primary N) is 1. The van der Waals surface area contributed by atoms with Crippen molar-refractivity contribution in [3.8, 4) is 5.75 Å². The Bertz CT molecular complexity index is 998. The van der Waals surface area contributed by atoms with Gasteiger partial charge >= 0.3 is 0 Å². The minimum Gasteiger partial charge on any atom is -0.484 e. The number of hydrogen-bond donors (Lipinski definition) is 3. The van der Waals surface area contributed by atoms with Crippen molar-refractivity contribution in [2.24, 2.45) is 5.73 Å². The number of benzene rings is 2. The number of ether oxygens (including phenoxy) is 1. The molecule has 0 heterocycles. The number of rotatable bonds is 9. The molecule has 0 atom stereocenters. The molecule has 1 saturated carbocycles. The fraction of sp³-hybridized carbons (Fsp3) is 0.364. The summed E-state index contributed by atoms with van der Waals surface area (Å²) in [7, 11) is -3.57. The second-order valence-electron chi connectivity index (χ2n) is 7.60. The van der Waals surface area contributed by atoms with Gasteiger partial charge < -0.3 is 15.8 Å². The van der Waals surface area contributed by atoms with E-state index < -0.39 is 15.9 Å². The Labute approximate surface area is 182 Å². The van der Waals surface area contributed by atoms with E-state index in [0.29, 0.717) is 11.4 Å². The molecule has 2 aromatic rings. The fourth-order valence-electron chi connectivity index (χ4n) is 3.48. The van der Waals surface area contributed by atoms with Crippen molar-refractivity contribution < 1.29 is 22.7 Å². The Kier molecular flexibility index (Phi) is 7.64. The van der Waals surface area contributed by atoms with Gasteiger partial charge in [0, 0.05) is 11.7 Å². The molecule has 0 aromatic heterocycles. The van der Waals surface area contributed by atoms with Crippen LogP contribution in [0.5, 0.6) is 5.75 Å². The van der Waals surface area contributed by atoms with E-state index in [1.165, 1.54) is 24.3 Å². The van der Waals surface area contributed by atoms with E-state index in [-0.39, 0.29) is 29.9 Å². The van der Waals surface area contributed by atoms with Crippen molar-refractivity contribution in [2.75, 3.05) is 11.9 Å². The smallest absolute Gasteiger partial charge is 0.262 e. The van der Waals surface area contributed by atoms with Crippen LogP contribution in [-0.4, -0.2) is 32.9 Å². The average Bonchev–Trinajstić information content (AvgIpc) is 2.74. The van der Waals surface area contributed by atoms with E-state index in [1.54, 1.807) is 24.3 Å². The molecule has 166 valence electrons. The highest BCUT2D eigenvalue weighted by Gasteiger charge is 2.21. The van der Waals surface area contributed by atoms with E-state index in [9.17, 15) is 18.0 Å². The van der Waals surface area contributed by atoms with E-state index in [0.717, 1.165) is 37.7 Å². The molecular weight excluding hydrogens is 418 g/mol. The Hall–Kier alpha value is -2.91. The molecule has 1 aliphatic carbocycles. The Balaban J connectivity index is 1.49. The van der Waals surface area contributed by atoms with Gasteiger partial charge in [0.2, 0.25) is 15.9 Å². The number of anilines is 1. The third kappa shape index (κ3) is 7.08. The highest BCUT2D eigenvalue weighted by atomic mass is 32.2. The number of amides is 2. The first-order chi connectivity index (χ1) is 14.8. The molecule has 0 spiro atoms. The van der Waals surface area contributed by atoms with Gasteiger partial charge in [-0.2, -0.15) is 0 Å². The maximum absolute atomic E-state index is 12.5. The van der Waals surface area contributed by atoms with E-state index >= 15 is 0 Å². The number of carbonyl (C=O) groups excluding carboxylic acids is 2. The third-order valence-electron chi connectivity index (χ3n) is 5.05. The van der Waals surface area contributed by atoms with Crippen LogP contribution in [0, 0.1) is 0 Å². The molecule has 0 bridgehead atoms. The molecule has 2 aromatic carbocycles. The summed E-state index contributed by atoms with van der Waals surface area (Å²) in [5.41, 5.74) is 6.48. The predicted molar refractivity (Wildman–Crippen MR) is 117 cm³/mol. The summed E-state index contributed by atoms with van der Waals surface area (Å²) < 4.78 is 33.3. The minimum atomic E-state index is -3.57. The van der Waals surface area contributed by atoms with Gasteiger partial charge in [-0.3, -0.25) is 9.59 Å². The summed E-state index contributed by atoms with van der Waals surface area (Å²) in [5.74, 6) is -0.393. The van der Waals surface area contributed by atoms with E-state index in [1.807, 2.05) is 0 Å². The van der Waals surface area contributed by atoms with Gasteiger partial charge in [-0.1, -0.05) is 31.4 Å². The zero-order valence-corrected chi connectivity index (χ0v) is 18.0. The number of nitrogens with one attached hydrogen (secondary N) is 2. The largest absolute Gasteiger partial charge is 0.484 e. The van der Waals surface area contributed by atoms with Gasteiger partial charge in [-0.25, -0.2) is 13.1 Å². The van der Waals surface area contributed by atoms with Crippen LogP contribution in [0.25, 0.3) is 0 Å². The molecule has 1 fully saturated rings. The van der Waals surface area contributed by atoms with Crippen LogP contribution in [0.3, 0.4) is 0 Å². The zero-order valence-electron chi connectivity index (χ0n) is 17.2. The SMILES string of the molecule is NC(=O)Cc1ccc(NC(=O)COc2ccc(S(=O)(=O)NC3CCCCC3)cc2)cc1. The molecule has 1 aliphatic rings. The minimum absolute atomic E-state index is 0.0109. The van der Waals surface area contributed by atoms with Gasteiger partial charge in [0.1, 0.15) is 5.75 Å². The highest BCUT2D eigenvalue weighted by molar-refractivity contribution is 7.89. The first-order valence-electron chi connectivity index (χ1n) is 10.2. The first kappa shape index (κ1) is 22.8. The lowest BCUT2D eigenvalue weighted by molar-refractivity contribution is -0.118. The monoisotopic (exact) mass is 445 g/mol. The van der Waals surface area contributed by atoms with Gasteiger partial charge in [0.05, 0.1) is 11.3 Å². The van der Waals surface area contributed by atoms with Crippen LogP contribution in [-0.2, 0) is 26.0 Å². The quantitative estimate of drug-likeness (QED) is 0.546. The molecule has 9 heteroatoms. The van der Waals surface area contributed by atoms with Crippen LogP contribution in [0.1, 0.15) is 37.7 Å². The molecular formula is C22H27N3O5S. The summed E-state index contributed by atoms with van der Waals surface area (Å²) in [4.78, 5) is 23.2. The second kappa shape index (κ2) is 10.4. The van der Waals surface area contributed by atoms with Crippen LogP contribution in [0.15, 0.2) is 53.4 Å². The van der Waals surface area contributed by atoms with E-state index in [4.69, 9.17) is 10.5 Å². The predicted octanol–water partition coefficient (Wildman–Crippen LogP) is 2.34. The van der Waals surface area contributed by atoms with Gasteiger partial charge in [0.25, 0.3) is 5.91 Å². The Morgan fingerprint density at radius 3 is 2.23 bits per heavy atom. The van der Waals surface area contributed by atoms with Crippen molar-refractivity contribution in [1.29, 1.82) is 0 Å². The lowest BCUT2D eigenvalue weighted by Crippen LogP contribution is -2.36. The maximum Gasteiger partial charge on any atom is 0.262 e. The molecule has 0 saturated heterocycles. The van der Waals surface area contributed by atoms with Crippen molar-refractivity contribution >= 4 is 27.5 Å². The second-order valence-corrected chi connectivity index (χ2v) is 9.32. The summed E-state index contributed by atoms with van der Waals surface area (Å²) in [6.45, 7) is -0.227. The normalized spacial score (nSPS) is 14.7. The van der Waals surface area contributed by atoms with Crippen molar-refractivity contribution in [3.05, 3.63) is 54.1 Å². The first-order valence-corrected chi connectivity index (χ1v) is 11.7. The molecule has 0 radical (unpaired) electrons. The average molecular weight is 446 g/mol. The molecule has 31 heavy (non-hydrogen) atoms. The Morgan fingerprint density at radius 1 is 0.968 bits per heavy atom. The molecule has 0 aliphatic heterocycles. The van der Waals surface area contributed by atoms with Crippen molar-refractivity contribution in [2.45, 2.75) is 49.5 Å². The summed E-state index contributed by atoms with van der Waals surface area (Å²) in [5, 5.41) is 2.69. The number of sulfonamides is 1. The molecule has 4 N–H and O–H groups in total. The lowest BCUT2D eigenvalue weighted by Gasteiger charge is -2.22. The van der Waals surface area contributed by atoms with Crippen LogP contribution in [0.4, 0.5) is 5.69 Å². The lowest BCUT2D eigenvalue weighted by atomic mass is 9.96. The third-order valence-corrected chi connectivity index (χ3v) is 6.58. The molecule has 0 unspecified atom stereocenters. The fourth-order valence-corrected chi connectivity index (χ4v) is 4.78. The molecule has 2 amide bonds. The van der Waals surface area contributed by atoms with Gasteiger partial charge in [-0.05, 0) is 54.8 Å². The summed E-state index contributed by atoms with van der Waals surface area (Å²) in [6, 6.07) is 12.8. The molecule has 3 rings (SSSR count). The van der Waals surface area contributed by atoms with Gasteiger partial charge in [0.15, 0.2) is 6.61 Å². The van der Waals surface area contributed by atoms with Gasteiger partial charge in [-0.15, -0.1) is 0 Å². The summed E-state index contributed by atoms with van der Waals surface area (Å²) in [6.07, 6.45) is 5.10. The number of hydrogen-bond acceptors (Lipinski definition) is 5. The number of carbonyl (C=O) groups is 2. The zero-order chi connectivity index (χ0) is 22.3. The number of primary amides is 1. The standard InChI is InChI=1S/C22H27N3O5S/c23-21(26)14-16-6-8-17(9-7-16)24-22(27)15-30-19-10-12-20(13-11-19)31(28,29)25-18-4-2-1-3-5-18/h6-13,18,25H,1-5,14-15H2,(H2,23,26)(H,24,27). The highest BCUT2D eigenvalue weighted by Crippen LogP contribution is 2.21. The topological polar surface area (TPSA) is 128 Å². The van der Waals surface area contributed by atoms with Crippen LogP contribution in [0.2, 0.25) is 0 Å². The van der Waals surface area contributed by atoms with E-state index in [2.05, 4.69) is 10.0 Å². The van der Waals surface area contributed by atoms with Crippen LogP contribution < -0.4 is 20.5 Å². The van der Waals surface area contributed by atoms with Crippen LogP contribution >= 0.6 is 0 Å². The van der Waals surface area contributed by atoms with Crippen molar-refractivity contribution in [3.63, 3.8) is 0 Å². The maximum atomic E-state index is 12.5. The molecule has 8 nitrogen and oxygen atoms in total. The van der Waals surface area contributed by atoms with Crippen molar-refractivity contribution in [1.82, 2.24) is 4.72 Å². The summed E-state index contributed by atoms with van der Waals surface area (Å²) >= 11 is 0.